The summed E-state index contributed by atoms with van der Waals surface area (Å²) in [5.41, 5.74) is 2.53. The monoisotopic (exact) mass is 405 g/mol. The number of nitrogens with zero attached hydrogens (tertiary/aromatic N) is 2. The topological polar surface area (TPSA) is 52.7 Å². The first-order chi connectivity index (χ1) is 13.1. The lowest BCUT2D eigenvalue weighted by Crippen LogP contribution is -2.48. The van der Waals surface area contributed by atoms with Gasteiger partial charge in [-0.15, -0.1) is 11.8 Å². The molecule has 1 aliphatic rings. The third-order valence-corrected chi connectivity index (χ3v) is 6.50. The lowest BCUT2D eigenvalue weighted by atomic mass is 9.86. The smallest absolute Gasteiger partial charge is 0.317 e. The third kappa shape index (κ3) is 5.22. The van der Waals surface area contributed by atoms with Crippen LogP contribution in [0.3, 0.4) is 0 Å². The second-order valence-corrected chi connectivity index (χ2v) is 10.1. The molecule has 0 radical (unpaired) electrons. The molecule has 2 rings (SSSR count). The van der Waals surface area contributed by atoms with Crippen LogP contribution in [0.15, 0.2) is 24.3 Å². The summed E-state index contributed by atoms with van der Waals surface area (Å²) in [5, 5.41) is 2.80. The Labute approximate surface area is 174 Å². The van der Waals surface area contributed by atoms with E-state index in [2.05, 4.69) is 50.4 Å². The lowest BCUT2D eigenvalue weighted by Gasteiger charge is -2.31. The van der Waals surface area contributed by atoms with E-state index in [1.807, 2.05) is 32.6 Å². The SMILES string of the molecule is CCNC(=O)N(CCN1C(=O)[C@@H](C)S[C@@H]1c1ccc(C(C)(C)C)cc1)C(C)C. The van der Waals surface area contributed by atoms with E-state index in [1.165, 1.54) is 5.56 Å². The van der Waals surface area contributed by atoms with Gasteiger partial charge in [0, 0.05) is 25.7 Å². The first kappa shape index (κ1) is 22.6. The molecule has 0 bridgehead atoms. The molecule has 1 fully saturated rings. The van der Waals surface area contributed by atoms with Crippen LogP contribution in [0.25, 0.3) is 0 Å². The van der Waals surface area contributed by atoms with Crippen molar-refractivity contribution in [1.82, 2.24) is 15.1 Å². The zero-order chi connectivity index (χ0) is 21.1. The van der Waals surface area contributed by atoms with Gasteiger partial charge in [0.05, 0.1) is 5.25 Å². The van der Waals surface area contributed by atoms with Crippen LogP contribution in [-0.2, 0) is 10.2 Å². The molecule has 0 saturated carbocycles. The standard InChI is InChI=1S/C22H35N3O2S/c1-8-23-21(27)24(15(2)3)13-14-25-19(26)16(4)28-20(25)17-9-11-18(12-10-17)22(5,6)7/h9-12,15-16,20H,8,13-14H2,1-7H3,(H,23,27)/t16-,20-/m1/s1. The van der Waals surface area contributed by atoms with Gasteiger partial charge in [-0.25, -0.2) is 4.79 Å². The van der Waals surface area contributed by atoms with Crippen molar-refractivity contribution in [2.45, 2.75) is 70.5 Å². The van der Waals surface area contributed by atoms with Crippen LogP contribution in [-0.4, -0.2) is 52.7 Å². The van der Waals surface area contributed by atoms with Crippen LogP contribution in [0.1, 0.15) is 65.0 Å². The predicted molar refractivity (Wildman–Crippen MR) is 118 cm³/mol. The Kier molecular flexibility index (Phi) is 7.43. The number of nitrogens with one attached hydrogen (secondary N) is 1. The van der Waals surface area contributed by atoms with Crippen molar-refractivity contribution in [2.75, 3.05) is 19.6 Å². The van der Waals surface area contributed by atoms with Crippen LogP contribution in [0.4, 0.5) is 4.79 Å². The third-order valence-electron chi connectivity index (χ3n) is 5.10. The molecule has 0 unspecified atom stereocenters. The van der Waals surface area contributed by atoms with Crippen molar-refractivity contribution < 1.29 is 9.59 Å². The van der Waals surface area contributed by atoms with Crippen molar-refractivity contribution in [3.05, 3.63) is 35.4 Å². The van der Waals surface area contributed by atoms with Crippen LogP contribution in [0.2, 0.25) is 0 Å². The summed E-state index contributed by atoms with van der Waals surface area (Å²) in [6.07, 6.45) is 0. The van der Waals surface area contributed by atoms with Gasteiger partial charge in [0.1, 0.15) is 5.37 Å². The molecular weight excluding hydrogens is 370 g/mol. The number of urea groups is 1. The lowest BCUT2D eigenvalue weighted by molar-refractivity contribution is -0.130. The highest BCUT2D eigenvalue weighted by Crippen LogP contribution is 2.43. The molecule has 156 valence electrons. The molecular formula is C22H35N3O2S. The molecule has 1 aromatic carbocycles. The van der Waals surface area contributed by atoms with E-state index in [0.29, 0.717) is 19.6 Å². The molecule has 28 heavy (non-hydrogen) atoms. The van der Waals surface area contributed by atoms with E-state index in [-0.39, 0.29) is 34.0 Å². The molecule has 2 atom stereocenters. The highest BCUT2D eigenvalue weighted by atomic mass is 32.2. The van der Waals surface area contributed by atoms with Crippen LogP contribution in [0, 0.1) is 0 Å². The van der Waals surface area contributed by atoms with E-state index >= 15 is 0 Å². The summed E-state index contributed by atoms with van der Waals surface area (Å²) in [6, 6.07) is 8.61. The molecule has 1 saturated heterocycles. The number of carbonyl (C=O) groups excluding carboxylic acids is 2. The normalized spacial score (nSPS) is 20.0. The van der Waals surface area contributed by atoms with E-state index in [0.717, 1.165) is 5.56 Å². The average molecular weight is 406 g/mol. The van der Waals surface area contributed by atoms with Gasteiger partial charge < -0.3 is 15.1 Å². The Bertz CT molecular complexity index is 682. The summed E-state index contributed by atoms with van der Waals surface area (Å²) in [4.78, 5) is 28.8. The second kappa shape index (κ2) is 9.21. The minimum absolute atomic E-state index is 0.000216. The van der Waals surface area contributed by atoms with Gasteiger partial charge in [-0.3, -0.25) is 4.79 Å². The second-order valence-electron chi connectivity index (χ2n) is 8.66. The number of carbonyl (C=O) groups is 2. The maximum atomic E-state index is 12.8. The van der Waals surface area contributed by atoms with Gasteiger partial charge in [0.15, 0.2) is 0 Å². The minimum Gasteiger partial charge on any atom is -0.338 e. The van der Waals surface area contributed by atoms with Crippen molar-refractivity contribution in [1.29, 1.82) is 0 Å². The van der Waals surface area contributed by atoms with Gasteiger partial charge in [-0.2, -0.15) is 0 Å². The number of hydrogen-bond acceptors (Lipinski definition) is 3. The number of hydrogen-bond donors (Lipinski definition) is 1. The van der Waals surface area contributed by atoms with Gasteiger partial charge >= 0.3 is 6.03 Å². The zero-order valence-electron chi connectivity index (χ0n) is 18.3. The van der Waals surface area contributed by atoms with Crippen molar-refractivity contribution in [2.24, 2.45) is 0 Å². The van der Waals surface area contributed by atoms with Crippen LogP contribution >= 0.6 is 11.8 Å². The predicted octanol–water partition coefficient (Wildman–Crippen LogP) is 4.39. The molecule has 0 aliphatic carbocycles. The molecule has 1 aliphatic heterocycles. The van der Waals surface area contributed by atoms with Crippen molar-refractivity contribution in [3.8, 4) is 0 Å². The van der Waals surface area contributed by atoms with Gasteiger partial charge in [-0.05, 0) is 44.2 Å². The Morgan fingerprint density at radius 2 is 1.86 bits per heavy atom. The first-order valence-corrected chi connectivity index (χ1v) is 11.1. The Hall–Kier alpha value is -1.69. The highest BCUT2D eigenvalue weighted by molar-refractivity contribution is 8.01. The first-order valence-electron chi connectivity index (χ1n) is 10.2. The van der Waals surface area contributed by atoms with Gasteiger partial charge in [0.25, 0.3) is 0 Å². The molecule has 1 N–H and O–H groups in total. The van der Waals surface area contributed by atoms with E-state index < -0.39 is 0 Å². The van der Waals surface area contributed by atoms with E-state index in [4.69, 9.17) is 0 Å². The van der Waals surface area contributed by atoms with Crippen LogP contribution in [0.5, 0.6) is 0 Å². The number of thioether (sulfide) groups is 1. The maximum absolute atomic E-state index is 12.8. The summed E-state index contributed by atoms with van der Waals surface area (Å²) >= 11 is 1.68. The van der Waals surface area contributed by atoms with Gasteiger partial charge in [-0.1, -0.05) is 45.0 Å². The van der Waals surface area contributed by atoms with E-state index in [1.54, 1.807) is 16.7 Å². The Balaban J connectivity index is 2.16. The molecule has 6 heteroatoms. The fourth-order valence-electron chi connectivity index (χ4n) is 3.37. The molecule has 1 aromatic rings. The number of benzene rings is 1. The summed E-state index contributed by atoms with van der Waals surface area (Å²) in [5.74, 6) is 0.148. The largest absolute Gasteiger partial charge is 0.338 e. The zero-order valence-corrected chi connectivity index (χ0v) is 19.1. The number of amides is 3. The maximum Gasteiger partial charge on any atom is 0.317 e. The minimum atomic E-state index is -0.0732. The average Bonchev–Trinajstić information content (AvgIpc) is 2.89. The molecule has 0 aromatic heterocycles. The van der Waals surface area contributed by atoms with E-state index in [9.17, 15) is 9.59 Å². The van der Waals surface area contributed by atoms with Crippen molar-refractivity contribution >= 4 is 23.7 Å². The summed E-state index contributed by atoms with van der Waals surface area (Å²) in [7, 11) is 0. The number of rotatable bonds is 6. The fraction of sp³-hybridized carbons (Fsp3) is 0.636. The highest BCUT2D eigenvalue weighted by Gasteiger charge is 2.38. The summed E-state index contributed by atoms with van der Waals surface area (Å²) in [6.45, 7) is 16.1. The molecule has 1 heterocycles. The van der Waals surface area contributed by atoms with Gasteiger partial charge in [0.2, 0.25) is 5.91 Å². The quantitative estimate of drug-likeness (QED) is 0.764. The molecule has 0 spiro atoms. The fourth-order valence-corrected chi connectivity index (χ4v) is 4.68. The van der Waals surface area contributed by atoms with Crippen LogP contribution < -0.4 is 5.32 Å². The Morgan fingerprint density at radius 1 is 1.25 bits per heavy atom. The summed E-state index contributed by atoms with van der Waals surface area (Å²) < 4.78 is 0. The van der Waals surface area contributed by atoms with Crippen molar-refractivity contribution in [3.63, 3.8) is 0 Å². The molecule has 3 amide bonds. The molecule has 5 nitrogen and oxygen atoms in total. The Morgan fingerprint density at radius 3 is 2.36 bits per heavy atom.